The summed E-state index contributed by atoms with van der Waals surface area (Å²) >= 11 is 0. The topological polar surface area (TPSA) is 0 Å². The lowest BCUT2D eigenvalue weighted by Crippen LogP contribution is -2.21. The van der Waals surface area contributed by atoms with Gasteiger partial charge in [0, 0.05) is 5.56 Å². The van der Waals surface area contributed by atoms with Crippen molar-refractivity contribution in [3.63, 3.8) is 0 Å². The summed E-state index contributed by atoms with van der Waals surface area (Å²) in [6.45, 7) is 6.68. The molecule has 1 heteroatoms. The van der Waals surface area contributed by atoms with Crippen LogP contribution < -0.4 is 0 Å². The van der Waals surface area contributed by atoms with Gasteiger partial charge in [-0.2, -0.15) is 0 Å². The second kappa shape index (κ2) is 9.92. The van der Waals surface area contributed by atoms with Gasteiger partial charge in [-0.15, -0.1) is 0 Å². The maximum absolute atomic E-state index is 14.5. The molecule has 1 unspecified atom stereocenters. The average molecular weight is 377 g/mol. The number of hydrogen-bond donors (Lipinski definition) is 0. The van der Waals surface area contributed by atoms with Gasteiger partial charge in [-0.05, 0) is 73.8 Å². The summed E-state index contributed by atoms with van der Waals surface area (Å²) in [6.07, 6.45) is 9.10. The smallest absolute Gasteiger partial charge is 0.139 e. The van der Waals surface area contributed by atoms with Crippen LogP contribution in [0.15, 0.2) is 42.5 Å². The third-order valence-corrected chi connectivity index (χ3v) is 6.38. The van der Waals surface area contributed by atoms with Gasteiger partial charge in [0.2, 0.25) is 0 Å². The summed E-state index contributed by atoms with van der Waals surface area (Å²) in [5, 5.41) is 0. The fraction of sp³-hybridized carbons (Fsp3) is 0.481. The molecule has 2 aromatic rings. The highest BCUT2D eigenvalue weighted by atomic mass is 19.1. The molecule has 2 aromatic carbocycles. The quantitative estimate of drug-likeness (QED) is 0.480. The molecule has 0 radical (unpaired) electrons. The van der Waals surface area contributed by atoms with E-state index < -0.39 is 0 Å². The molecule has 0 bridgehead atoms. The summed E-state index contributed by atoms with van der Waals surface area (Å²) < 4.78 is 14.5. The molecule has 1 saturated carbocycles. The van der Waals surface area contributed by atoms with Gasteiger partial charge < -0.3 is 0 Å². The van der Waals surface area contributed by atoms with E-state index in [2.05, 4.69) is 31.8 Å². The van der Waals surface area contributed by atoms with Gasteiger partial charge in [-0.3, -0.25) is 0 Å². The Labute approximate surface area is 170 Å². The summed E-state index contributed by atoms with van der Waals surface area (Å²) in [5.74, 6) is 8.20. The summed E-state index contributed by atoms with van der Waals surface area (Å²) in [7, 11) is 0. The predicted octanol–water partition coefficient (Wildman–Crippen LogP) is 7.32. The molecule has 28 heavy (non-hydrogen) atoms. The van der Waals surface area contributed by atoms with Crippen LogP contribution in [0.2, 0.25) is 0 Å². The molecule has 0 N–H and O–H groups in total. The highest BCUT2D eigenvalue weighted by Crippen LogP contribution is 2.36. The monoisotopic (exact) mass is 376 g/mol. The summed E-state index contributed by atoms with van der Waals surface area (Å²) in [4.78, 5) is 0. The molecule has 0 saturated heterocycles. The van der Waals surface area contributed by atoms with E-state index >= 15 is 0 Å². The highest BCUT2D eigenvalue weighted by molar-refractivity contribution is 5.44. The Hall–Kier alpha value is -2.07. The van der Waals surface area contributed by atoms with Gasteiger partial charge in [0.1, 0.15) is 5.82 Å². The zero-order valence-electron chi connectivity index (χ0n) is 17.6. The van der Waals surface area contributed by atoms with E-state index in [0.29, 0.717) is 11.5 Å². The zero-order valence-corrected chi connectivity index (χ0v) is 17.6. The van der Waals surface area contributed by atoms with Crippen LogP contribution in [0.1, 0.15) is 74.6 Å². The Morgan fingerprint density at radius 2 is 1.71 bits per heavy atom. The van der Waals surface area contributed by atoms with Gasteiger partial charge in [-0.1, -0.05) is 75.1 Å². The maximum Gasteiger partial charge on any atom is 0.139 e. The molecule has 3 rings (SSSR count). The van der Waals surface area contributed by atoms with E-state index in [1.54, 1.807) is 6.07 Å². The van der Waals surface area contributed by atoms with Crippen LogP contribution >= 0.6 is 0 Å². The van der Waals surface area contributed by atoms with E-state index in [1.807, 2.05) is 37.3 Å². The molecule has 0 aromatic heterocycles. The largest absolute Gasteiger partial charge is 0.206 e. The van der Waals surface area contributed by atoms with Crippen molar-refractivity contribution < 1.29 is 4.39 Å². The third-order valence-electron chi connectivity index (χ3n) is 6.38. The molecule has 0 heterocycles. The molecule has 1 fully saturated rings. The second-order valence-corrected chi connectivity index (χ2v) is 8.68. The van der Waals surface area contributed by atoms with Crippen molar-refractivity contribution in [3.8, 4) is 11.8 Å². The van der Waals surface area contributed by atoms with Gasteiger partial charge in [-0.25, -0.2) is 4.39 Å². The number of rotatable bonds is 5. The van der Waals surface area contributed by atoms with Gasteiger partial charge in [0.05, 0.1) is 5.56 Å². The number of benzene rings is 2. The third kappa shape index (κ3) is 5.71. The normalized spacial score (nSPS) is 20.3. The van der Waals surface area contributed by atoms with Crippen molar-refractivity contribution >= 4 is 0 Å². The van der Waals surface area contributed by atoms with Crippen molar-refractivity contribution in [3.05, 3.63) is 70.5 Å². The molecule has 0 amide bonds. The van der Waals surface area contributed by atoms with Crippen LogP contribution in [0, 0.1) is 42.3 Å². The Balaban J connectivity index is 1.59. The van der Waals surface area contributed by atoms with Crippen molar-refractivity contribution in [2.75, 3.05) is 0 Å². The summed E-state index contributed by atoms with van der Waals surface area (Å²) in [5.41, 5.74) is 3.70. The fourth-order valence-electron chi connectivity index (χ4n) is 4.56. The Morgan fingerprint density at radius 3 is 2.36 bits per heavy atom. The number of aryl methyl sites for hydroxylation is 1. The van der Waals surface area contributed by atoms with E-state index in [4.69, 9.17) is 0 Å². The van der Waals surface area contributed by atoms with E-state index in [1.165, 1.54) is 44.1 Å². The van der Waals surface area contributed by atoms with E-state index in [0.717, 1.165) is 29.4 Å². The van der Waals surface area contributed by atoms with E-state index in [9.17, 15) is 4.39 Å². The lowest BCUT2D eigenvalue weighted by atomic mass is 9.74. The van der Waals surface area contributed by atoms with Crippen molar-refractivity contribution in [2.24, 2.45) is 17.8 Å². The molecule has 0 nitrogen and oxygen atoms in total. The van der Waals surface area contributed by atoms with E-state index in [-0.39, 0.29) is 5.82 Å². The molecule has 1 aliphatic carbocycles. The zero-order chi connectivity index (χ0) is 19.9. The Kier molecular flexibility index (Phi) is 7.32. The van der Waals surface area contributed by atoms with Crippen LogP contribution in [0.5, 0.6) is 0 Å². The SMILES string of the molecule is CCCC1CCC(C(C)Cc2ccc(C#Cc3ccc(C)cc3)c(F)c2)CC1. The molecule has 0 aliphatic heterocycles. The minimum Gasteiger partial charge on any atom is -0.206 e. The van der Waals surface area contributed by atoms with Crippen LogP contribution in [-0.4, -0.2) is 0 Å². The molecule has 148 valence electrons. The predicted molar refractivity (Wildman–Crippen MR) is 117 cm³/mol. The van der Waals surface area contributed by atoms with Crippen molar-refractivity contribution in [2.45, 2.75) is 65.7 Å². The summed E-state index contributed by atoms with van der Waals surface area (Å²) in [6, 6.07) is 13.6. The molecular formula is C27H33F. The standard InChI is InChI=1S/C27H33F/c1-4-5-22-10-14-25(15-11-22)21(3)18-24-13-17-26(27(28)19-24)16-12-23-8-6-20(2)7-9-23/h6-9,13,17,19,21-22,25H,4-5,10-11,14-15,18H2,1-3H3. The van der Waals surface area contributed by atoms with Gasteiger partial charge >= 0.3 is 0 Å². The Bertz CT molecular complexity index is 814. The average Bonchev–Trinajstić information content (AvgIpc) is 2.69. The first-order valence-corrected chi connectivity index (χ1v) is 10.9. The first-order valence-electron chi connectivity index (χ1n) is 10.9. The minimum absolute atomic E-state index is 0.198. The first kappa shape index (κ1) is 20.7. The lowest BCUT2D eigenvalue weighted by Gasteiger charge is -2.32. The van der Waals surface area contributed by atoms with Crippen LogP contribution in [0.3, 0.4) is 0 Å². The molecule has 1 aliphatic rings. The van der Waals surface area contributed by atoms with Crippen LogP contribution in [0.25, 0.3) is 0 Å². The first-order chi connectivity index (χ1) is 13.5. The van der Waals surface area contributed by atoms with Crippen LogP contribution in [0.4, 0.5) is 4.39 Å². The van der Waals surface area contributed by atoms with Gasteiger partial charge in [0.15, 0.2) is 0 Å². The Morgan fingerprint density at radius 1 is 1.00 bits per heavy atom. The minimum atomic E-state index is -0.198. The van der Waals surface area contributed by atoms with Crippen molar-refractivity contribution in [1.82, 2.24) is 0 Å². The lowest BCUT2D eigenvalue weighted by molar-refractivity contribution is 0.206. The number of halogens is 1. The maximum atomic E-state index is 14.5. The van der Waals surface area contributed by atoms with Crippen molar-refractivity contribution in [1.29, 1.82) is 0 Å². The second-order valence-electron chi connectivity index (χ2n) is 8.68. The fourth-order valence-corrected chi connectivity index (χ4v) is 4.56. The van der Waals surface area contributed by atoms with Gasteiger partial charge in [0.25, 0.3) is 0 Å². The molecule has 1 atom stereocenters. The highest BCUT2D eigenvalue weighted by Gasteiger charge is 2.25. The number of hydrogen-bond acceptors (Lipinski definition) is 0. The molecular weight excluding hydrogens is 343 g/mol. The van der Waals surface area contributed by atoms with Crippen LogP contribution in [-0.2, 0) is 6.42 Å². The molecule has 0 spiro atoms.